The summed E-state index contributed by atoms with van der Waals surface area (Å²) in [6.45, 7) is 2.44. The summed E-state index contributed by atoms with van der Waals surface area (Å²) in [5.41, 5.74) is 3.49. The number of amides is 2. The summed E-state index contributed by atoms with van der Waals surface area (Å²) >= 11 is 7.81. The number of carboxylic acids is 3. The third-order valence-electron chi connectivity index (χ3n) is 4.69. The van der Waals surface area contributed by atoms with Crippen LogP contribution in [-0.2, 0) is 28.8 Å². The van der Waals surface area contributed by atoms with E-state index in [0.717, 1.165) is 16.4 Å². The summed E-state index contributed by atoms with van der Waals surface area (Å²) < 4.78 is 35.6. The Kier molecular flexibility index (Phi) is 9.74. The second-order valence-corrected chi connectivity index (χ2v) is 10.0. The van der Waals surface area contributed by atoms with E-state index >= 15 is 0 Å². The molecule has 0 aromatic carbocycles. The average Bonchev–Trinajstić information content (AvgIpc) is 3.26. The van der Waals surface area contributed by atoms with Gasteiger partial charge in [-0.15, -0.1) is 23.4 Å². The molecule has 39 heavy (non-hydrogen) atoms. The number of nitrogens with two attached hydrogens (primary N) is 1. The number of rotatable bonds is 8. The molecule has 21 heteroatoms. The zero-order valence-electron chi connectivity index (χ0n) is 19.6. The van der Waals surface area contributed by atoms with Crippen molar-refractivity contribution >= 4 is 75.5 Å². The van der Waals surface area contributed by atoms with Crippen LogP contribution in [0, 0.1) is 0 Å². The normalized spacial score (nSPS) is 19.3. The monoisotopic (exact) mass is 618 g/mol. The van der Waals surface area contributed by atoms with Crippen LogP contribution in [0.5, 0.6) is 0 Å². The molecule has 1 fully saturated rings. The highest BCUT2D eigenvalue weighted by Gasteiger charge is 2.54. The van der Waals surface area contributed by atoms with Crippen LogP contribution in [0.25, 0.3) is 0 Å². The Morgan fingerprint density at radius 2 is 1.82 bits per heavy atom. The average molecular weight is 619 g/mol. The number of fused-ring (bicyclic) bond motifs is 1. The van der Waals surface area contributed by atoms with E-state index in [1.807, 2.05) is 0 Å². The fourth-order valence-electron chi connectivity index (χ4n) is 2.71. The minimum absolute atomic E-state index is 0.0246. The number of nitrogens with one attached hydrogen (secondary N) is 1. The number of hydrogen-bond donors (Lipinski definition) is 5. The molecule has 0 unspecified atom stereocenters. The molecule has 0 spiro atoms. The quantitative estimate of drug-likeness (QED) is 0.114. The molecule has 1 aromatic heterocycles. The van der Waals surface area contributed by atoms with E-state index in [-0.39, 0.29) is 28.3 Å². The molecule has 0 saturated carbocycles. The number of alkyl halides is 4. The summed E-state index contributed by atoms with van der Waals surface area (Å²) in [4.78, 5) is 67.2. The number of thioether (sulfide) groups is 1. The van der Waals surface area contributed by atoms with Gasteiger partial charge in [0.1, 0.15) is 17.1 Å². The minimum Gasteiger partial charge on any atom is -0.478 e. The first-order valence-electron chi connectivity index (χ1n) is 10.1. The Labute approximate surface area is 229 Å². The van der Waals surface area contributed by atoms with Gasteiger partial charge in [-0.1, -0.05) is 5.16 Å². The van der Waals surface area contributed by atoms with E-state index in [0.29, 0.717) is 5.57 Å². The Balaban J connectivity index is 0.000000673. The molecule has 2 amide bonds. The molecule has 2 atom stereocenters. The fraction of sp³-hybridized carbons (Fsp3) is 0.444. The number of hydrogen-bond acceptors (Lipinski definition) is 12. The van der Waals surface area contributed by atoms with Gasteiger partial charge in [0.2, 0.25) is 17.1 Å². The first-order chi connectivity index (χ1) is 17.9. The molecule has 1 aromatic rings. The van der Waals surface area contributed by atoms with Gasteiger partial charge in [0.25, 0.3) is 11.8 Å². The van der Waals surface area contributed by atoms with Gasteiger partial charge in [-0.05, 0) is 19.4 Å². The predicted octanol–water partition coefficient (Wildman–Crippen LogP) is 0.315. The molecule has 2 aliphatic rings. The van der Waals surface area contributed by atoms with Gasteiger partial charge >= 0.3 is 24.1 Å². The van der Waals surface area contributed by atoms with Crippen molar-refractivity contribution in [2.45, 2.75) is 37.0 Å². The van der Waals surface area contributed by atoms with E-state index in [1.165, 1.54) is 25.6 Å². The van der Waals surface area contributed by atoms with Crippen molar-refractivity contribution in [3.63, 3.8) is 0 Å². The molecular weight excluding hydrogens is 601 g/mol. The number of carbonyl (C=O) groups is 5. The molecule has 0 aliphatic carbocycles. The maximum Gasteiger partial charge on any atom is 0.490 e. The topological polar surface area (TPSA) is 235 Å². The third kappa shape index (κ3) is 7.26. The van der Waals surface area contributed by atoms with Gasteiger partial charge < -0.3 is 31.2 Å². The number of oxime groups is 1. The highest BCUT2D eigenvalue weighted by Crippen LogP contribution is 2.40. The van der Waals surface area contributed by atoms with E-state index < -0.39 is 58.6 Å². The first-order valence-corrected chi connectivity index (χ1v) is 12.4. The Morgan fingerprint density at radius 1 is 1.23 bits per heavy atom. The maximum absolute atomic E-state index is 12.9. The fourth-order valence-corrected chi connectivity index (χ4v) is 4.82. The highest BCUT2D eigenvalue weighted by atomic mass is 35.5. The zero-order valence-corrected chi connectivity index (χ0v) is 21.9. The second-order valence-electron chi connectivity index (χ2n) is 7.86. The molecule has 1 saturated heterocycles. The molecule has 15 nitrogen and oxygen atoms in total. The number of β-lactam (4-membered cyclic amide) rings is 1. The standard InChI is InChI=1S/C16H17ClN6O7S2.C2HF3O2/c1-16(2,14(28)29)30-21-6(9-20-15(18)32-22-9)10(24)19-7-11(25)23-8(13(26)27)5(3-17)4-31-12(7)23;3-2(4,5)1(6)7/h7,12H,3-4H2,1-2H3,(H,19,24)(H,26,27)(H,28,29)(H2,18,20,22);(H,6,7)/t7-,12-;/m1./s1. The van der Waals surface area contributed by atoms with Crippen LogP contribution in [0.1, 0.15) is 19.7 Å². The smallest absolute Gasteiger partial charge is 0.478 e. The van der Waals surface area contributed by atoms with Gasteiger partial charge in [0.05, 0.1) is 0 Å². The van der Waals surface area contributed by atoms with Gasteiger partial charge in [-0.25, -0.2) is 14.4 Å². The van der Waals surface area contributed by atoms with Crippen LogP contribution in [0.2, 0.25) is 0 Å². The number of carbonyl (C=O) groups excluding carboxylic acids is 2. The Hall–Kier alpha value is -3.65. The Bertz CT molecular complexity index is 1250. The summed E-state index contributed by atoms with van der Waals surface area (Å²) in [5, 5.41) is 31.2. The predicted molar refractivity (Wildman–Crippen MR) is 128 cm³/mol. The lowest BCUT2D eigenvalue weighted by Gasteiger charge is -2.49. The number of anilines is 1. The van der Waals surface area contributed by atoms with Crippen LogP contribution in [0.3, 0.4) is 0 Å². The lowest BCUT2D eigenvalue weighted by Crippen LogP contribution is -2.71. The van der Waals surface area contributed by atoms with Gasteiger partial charge in [-0.2, -0.15) is 22.5 Å². The van der Waals surface area contributed by atoms with Crippen molar-refractivity contribution in [2.24, 2.45) is 5.16 Å². The summed E-state index contributed by atoms with van der Waals surface area (Å²) in [7, 11) is 0. The minimum atomic E-state index is -5.08. The summed E-state index contributed by atoms with van der Waals surface area (Å²) in [6, 6.07) is -1.06. The molecule has 3 rings (SSSR count). The van der Waals surface area contributed by atoms with E-state index in [9.17, 15) is 42.6 Å². The van der Waals surface area contributed by atoms with E-state index in [4.69, 9.17) is 32.1 Å². The molecule has 2 aliphatic heterocycles. The summed E-state index contributed by atoms with van der Waals surface area (Å²) in [6.07, 6.45) is -5.08. The number of nitrogen functional groups attached to an aromatic ring is 1. The Morgan fingerprint density at radius 3 is 2.26 bits per heavy atom. The first kappa shape index (κ1) is 31.6. The van der Waals surface area contributed by atoms with Crippen molar-refractivity contribution in [3.8, 4) is 0 Å². The zero-order chi connectivity index (χ0) is 29.9. The number of halogens is 4. The molecule has 214 valence electrons. The van der Waals surface area contributed by atoms with Crippen LogP contribution in [0.4, 0.5) is 18.3 Å². The van der Waals surface area contributed by atoms with Crippen molar-refractivity contribution < 1.29 is 57.3 Å². The second kappa shape index (κ2) is 12.0. The van der Waals surface area contributed by atoms with Gasteiger partial charge in [0.15, 0.2) is 5.13 Å². The SMILES string of the molecule is CC(C)(ON=C(C(=O)N[C@@H]1C(=O)N2C(C(=O)O)=C(CCl)CS[C@H]12)c1nsc(N)n1)C(=O)O.O=C(O)C(F)(F)F. The van der Waals surface area contributed by atoms with Crippen molar-refractivity contribution in [3.05, 3.63) is 17.1 Å². The van der Waals surface area contributed by atoms with E-state index in [2.05, 4.69) is 19.8 Å². The van der Waals surface area contributed by atoms with E-state index in [1.54, 1.807) is 0 Å². The number of aromatic nitrogens is 2. The van der Waals surface area contributed by atoms with Crippen LogP contribution < -0.4 is 11.1 Å². The largest absolute Gasteiger partial charge is 0.490 e. The van der Waals surface area contributed by atoms with Crippen molar-refractivity contribution in [1.29, 1.82) is 0 Å². The summed E-state index contributed by atoms with van der Waals surface area (Å²) in [5.74, 6) is -6.95. The van der Waals surface area contributed by atoms with Crippen molar-refractivity contribution in [1.82, 2.24) is 19.6 Å². The lowest BCUT2D eigenvalue weighted by molar-refractivity contribution is -0.192. The highest BCUT2D eigenvalue weighted by molar-refractivity contribution is 8.00. The molecule has 6 N–H and O–H groups in total. The maximum atomic E-state index is 12.9. The third-order valence-corrected chi connectivity index (χ3v) is 6.89. The van der Waals surface area contributed by atoms with Crippen LogP contribution in [-0.4, -0.2) is 99.8 Å². The molecule has 3 heterocycles. The molecular formula is C18H18ClF3N6O9S2. The number of carboxylic acid groups (broad SMARTS) is 3. The van der Waals surface area contributed by atoms with Crippen LogP contribution in [0.15, 0.2) is 16.4 Å². The van der Waals surface area contributed by atoms with Crippen molar-refractivity contribution in [2.75, 3.05) is 17.4 Å². The number of nitrogens with zero attached hydrogens (tertiary/aromatic N) is 4. The molecule has 0 bridgehead atoms. The lowest BCUT2D eigenvalue weighted by atomic mass is 10.0. The van der Waals surface area contributed by atoms with Crippen LogP contribution >= 0.6 is 34.9 Å². The van der Waals surface area contributed by atoms with Gasteiger partial charge in [-0.3, -0.25) is 14.5 Å². The number of aliphatic carboxylic acids is 3. The van der Waals surface area contributed by atoms with Gasteiger partial charge in [0, 0.05) is 23.2 Å². The molecule has 0 radical (unpaired) electrons.